The molecule has 34 heavy (non-hydrogen) atoms. The molecule has 5 heteroatoms. The van der Waals surface area contributed by atoms with E-state index in [1.54, 1.807) is 0 Å². The van der Waals surface area contributed by atoms with Crippen LogP contribution in [0.15, 0.2) is 35.3 Å². The Morgan fingerprint density at radius 3 is 2.50 bits per heavy atom. The molecular weight excluding hydrogens is 422 g/mol. The molecule has 1 aliphatic carbocycles. The smallest absolute Gasteiger partial charge is 0.256 e. The average Bonchev–Trinajstić information content (AvgIpc) is 2.83. The van der Waals surface area contributed by atoms with Crippen LogP contribution in [0.2, 0.25) is 0 Å². The van der Waals surface area contributed by atoms with Gasteiger partial charge in [-0.15, -0.1) is 0 Å². The van der Waals surface area contributed by atoms with Gasteiger partial charge in [0.05, 0.1) is 5.52 Å². The minimum atomic E-state index is -0.217. The first-order valence-electron chi connectivity index (χ1n) is 13.5. The van der Waals surface area contributed by atoms with Crippen molar-refractivity contribution in [2.24, 2.45) is 5.92 Å². The predicted octanol–water partition coefficient (Wildman–Crippen LogP) is 6.16. The Bertz CT molecular complexity index is 991. The average molecular weight is 468 g/mol. The van der Waals surface area contributed by atoms with Crippen LogP contribution in [-0.2, 0) is 0 Å². The number of hydrogen-bond donors (Lipinski definition) is 1. The first-order chi connectivity index (χ1) is 16.3. The molecule has 1 fully saturated rings. The molecule has 0 spiro atoms. The normalized spacial score (nSPS) is 16.8. The zero-order valence-electron chi connectivity index (χ0n) is 22.0. The highest BCUT2D eigenvalue weighted by atomic mass is 16.2. The second-order valence-electron chi connectivity index (χ2n) is 10.8. The summed E-state index contributed by atoms with van der Waals surface area (Å²) in [5.41, 5.74) is 1.09. The standard InChI is InChI=1S/C29H45N3O2/c1-6-12-23(19-22(4)17-18-31(5)21(2)3)30-29(34)26-20-32(24-13-8-7-9-14-24)27-16-11-10-15-25(27)28(26)33/h10-11,15-16,20-24H,6-9,12-14,17-19H2,1-5H3,(H,30,34). The maximum atomic E-state index is 13.4. The number of fused-ring (bicyclic) bond motifs is 1. The summed E-state index contributed by atoms with van der Waals surface area (Å²) in [6.07, 6.45) is 11.7. The first-order valence-corrected chi connectivity index (χ1v) is 13.5. The van der Waals surface area contributed by atoms with E-state index in [0.29, 0.717) is 23.4 Å². The Balaban J connectivity index is 1.80. The van der Waals surface area contributed by atoms with Crippen molar-refractivity contribution in [1.82, 2.24) is 14.8 Å². The molecule has 1 saturated carbocycles. The molecule has 1 N–H and O–H groups in total. The molecule has 0 radical (unpaired) electrons. The summed E-state index contributed by atoms with van der Waals surface area (Å²) in [7, 11) is 2.17. The molecule has 2 unspecified atom stereocenters. The summed E-state index contributed by atoms with van der Waals surface area (Å²) >= 11 is 0. The van der Waals surface area contributed by atoms with Crippen LogP contribution >= 0.6 is 0 Å². The third-order valence-corrected chi connectivity index (χ3v) is 7.67. The highest BCUT2D eigenvalue weighted by Gasteiger charge is 2.23. The third kappa shape index (κ3) is 6.71. The van der Waals surface area contributed by atoms with E-state index in [1.807, 2.05) is 30.5 Å². The van der Waals surface area contributed by atoms with Crippen molar-refractivity contribution < 1.29 is 4.79 Å². The van der Waals surface area contributed by atoms with Crippen molar-refractivity contribution >= 4 is 16.8 Å². The molecule has 0 aliphatic heterocycles. The van der Waals surface area contributed by atoms with E-state index in [0.717, 1.165) is 50.6 Å². The van der Waals surface area contributed by atoms with Crippen molar-refractivity contribution in [3.8, 4) is 0 Å². The van der Waals surface area contributed by atoms with Crippen LogP contribution < -0.4 is 10.7 Å². The second-order valence-corrected chi connectivity index (χ2v) is 10.8. The third-order valence-electron chi connectivity index (χ3n) is 7.67. The van der Waals surface area contributed by atoms with E-state index in [2.05, 4.69) is 49.5 Å². The fraction of sp³-hybridized carbons (Fsp3) is 0.655. The highest BCUT2D eigenvalue weighted by molar-refractivity contribution is 5.97. The minimum Gasteiger partial charge on any atom is -0.349 e. The fourth-order valence-electron chi connectivity index (χ4n) is 5.27. The Kier molecular flexibility index (Phi) is 9.75. The monoisotopic (exact) mass is 467 g/mol. The molecule has 0 bridgehead atoms. The molecule has 1 aromatic heterocycles. The Morgan fingerprint density at radius 1 is 1.12 bits per heavy atom. The van der Waals surface area contributed by atoms with Crippen LogP contribution in [0.5, 0.6) is 0 Å². The number of benzene rings is 1. The molecule has 1 heterocycles. The summed E-state index contributed by atoms with van der Waals surface area (Å²) in [5.74, 6) is 0.291. The van der Waals surface area contributed by atoms with Gasteiger partial charge in [0.15, 0.2) is 0 Å². The lowest BCUT2D eigenvalue weighted by Crippen LogP contribution is -2.39. The van der Waals surface area contributed by atoms with Crippen LogP contribution in [-0.4, -0.2) is 41.1 Å². The van der Waals surface area contributed by atoms with Gasteiger partial charge in [-0.1, -0.05) is 51.7 Å². The Morgan fingerprint density at radius 2 is 1.82 bits per heavy atom. The quantitative estimate of drug-likeness (QED) is 0.430. The van der Waals surface area contributed by atoms with Gasteiger partial charge in [-0.05, 0) is 77.6 Å². The molecule has 1 aromatic carbocycles. The van der Waals surface area contributed by atoms with Crippen molar-refractivity contribution in [1.29, 1.82) is 0 Å². The van der Waals surface area contributed by atoms with Crippen molar-refractivity contribution in [2.75, 3.05) is 13.6 Å². The van der Waals surface area contributed by atoms with E-state index in [9.17, 15) is 9.59 Å². The number of carbonyl (C=O) groups excluding carboxylic acids is 1. The SMILES string of the molecule is CCCC(CC(C)CCN(C)C(C)C)NC(=O)c1cn(C2CCCCC2)c2ccccc2c1=O. The van der Waals surface area contributed by atoms with Crippen LogP contribution in [0.25, 0.3) is 10.9 Å². The van der Waals surface area contributed by atoms with Gasteiger partial charge < -0.3 is 14.8 Å². The summed E-state index contributed by atoms with van der Waals surface area (Å²) in [4.78, 5) is 29.1. The summed E-state index contributed by atoms with van der Waals surface area (Å²) in [5, 5.41) is 3.90. The molecule has 2 aromatic rings. The number of carbonyl (C=O) groups is 1. The topological polar surface area (TPSA) is 54.3 Å². The largest absolute Gasteiger partial charge is 0.349 e. The van der Waals surface area contributed by atoms with E-state index < -0.39 is 0 Å². The Labute approximate surface area is 205 Å². The number of amides is 1. The second kappa shape index (κ2) is 12.5. The van der Waals surface area contributed by atoms with Crippen molar-refractivity contribution in [3.05, 3.63) is 46.2 Å². The number of para-hydroxylation sites is 1. The van der Waals surface area contributed by atoms with Gasteiger partial charge >= 0.3 is 0 Å². The zero-order valence-corrected chi connectivity index (χ0v) is 22.0. The van der Waals surface area contributed by atoms with Gasteiger partial charge in [0.1, 0.15) is 5.56 Å². The molecule has 3 rings (SSSR count). The van der Waals surface area contributed by atoms with E-state index >= 15 is 0 Å². The van der Waals surface area contributed by atoms with E-state index in [4.69, 9.17) is 0 Å². The first kappa shape index (κ1) is 26.5. The number of rotatable bonds is 11. The van der Waals surface area contributed by atoms with Crippen LogP contribution in [0.3, 0.4) is 0 Å². The van der Waals surface area contributed by atoms with Crippen LogP contribution in [0, 0.1) is 5.92 Å². The molecule has 188 valence electrons. The minimum absolute atomic E-state index is 0.0888. The molecular formula is C29H45N3O2. The Hall–Kier alpha value is -2.14. The van der Waals surface area contributed by atoms with Crippen molar-refractivity contribution in [2.45, 2.75) is 104 Å². The number of nitrogens with zero attached hydrogens (tertiary/aromatic N) is 2. The van der Waals surface area contributed by atoms with Gasteiger partial charge in [-0.3, -0.25) is 9.59 Å². The van der Waals surface area contributed by atoms with Crippen LogP contribution in [0.1, 0.15) is 102 Å². The van der Waals surface area contributed by atoms with Gasteiger partial charge in [0.25, 0.3) is 5.91 Å². The van der Waals surface area contributed by atoms with E-state index in [-0.39, 0.29) is 22.9 Å². The summed E-state index contributed by atoms with van der Waals surface area (Å²) in [6.45, 7) is 9.92. The van der Waals surface area contributed by atoms with Gasteiger partial charge in [-0.2, -0.15) is 0 Å². The lowest BCUT2D eigenvalue weighted by atomic mass is 9.94. The van der Waals surface area contributed by atoms with Gasteiger partial charge in [0.2, 0.25) is 5.43 Å². The molecule has 0 saturated heterocycles. The molecule has 1 aliphatic rings. The maximum Gasteiger partial charge on any atom is 0.256 e. The summed E-state index contributed by atoms with van der Waals surface area (Å²) < 4.78 is 2.21. The number of hydrogen-bond acceptors (Lipinski definition) is 3. The maximum absolute atomic E-state index is 13.4. The predicted molar refractivity (Wildman–Crippen MR) is 143 cm³/mol. The lowest BCUT2D eigenvalue weighted by molar-refractivity contribution is 0.0926. The zero-order chi connectivity index (χ0) is 24.7. The summed E-state index contributed by atoms with van der Waals surface area (Å²) in [6, 6.07) is 8.74. The fourth-order valence-corrected chi connectivity index (χ4v) is 5.27. The van der Waals surface area contributed by atoms with Gasteiger partial charge in [0, 0.05) is 29.7 Å². The number of aromatic nitrogens is 1. The lowest BCUT2D eigenvalue weighted by Gasteiger charge is -2.27. The molecule has 2 atom stereocenters. The van der Waals surface area contributed by atoms with Crippen molar-refractivity contribution in [3.63, 3.8) is 0 Å². The van der Waals surface area contributed by atoms with Crippen LogP contribution in [0.4, 0.5) is 0 Å². The van der Waals surface area contributed by atoms with Gasteiger partial charge in [-0.25, -0.2) is 0 Å². The van der Waals surface area contributed by atoms with E-state index in [1.165, 1.54) is 19.3 Å². The molecule has 5 nitrogen and oxygen atoms in total. The number of pyridine rings is 1. The number of nitrogens with one attached hydrogen (secondary N) is 1. The molecule has 1 amide bonds. The highest BCUT2D eigenvalue weighted by Crippen LogP contribution is 2.30.